The molecule has 112 valence electrons. The number of nitrogen functional groups attached to an aromatic ring is 1. The highest BCUT2D eigenvalue weighted by Crippen LogP contribution is 2.29. The first-order valence-corrected chi connectivity index (χ1v) is 9.04. The van der Waals surface area contributed by atoms with Gasteiger partial charge in [0.1, 0.15) is 10.7 Å². The molecule has 8 heteroatoms. The number of hydrogen-bond acceptors (Lipinski definition) is 6. The van der Waals surface area contributed by atoms with Crippen molar-refractivity contribution in [2.75, 3.05) is 23.9 Å². The molecule has 0 saturated heterocycles. The summed E-state index contributed by atoms with van der Waals surface area (Å²) in [6.07, 6.45) is 5.14. The van der Waals surface area contributed by atoms with E-state index in [1.54, 1.807) is 6.26 Å². The molecule has 1 aliphatic rings. The average molecular weight is 316 g/mol. The predicted octanol–water partition coefficient (Wildman–Crippen LogP) is 1.19. The lowest BCUT2D eigenvalue weighted by Gasteiger charge is -2.25. The Labute approximate surface area is 125 Å². The van der Waals surface area contributed by atoms with Gasteiger partial charge in [0.15, 0.2) is 5.13 Å². The summed E-state index contributed by atoms with van der Waals surface area (Å²) in [5.41, 5.74) is 5.78. The number of nitrogens with zero attached hydrogens (tertiary/aromatic N) is 1. The fourth-order valence-electron chi connectivity index (χ4n) is 1.72. The van der Waals surface area contributed by atoms with Crippen molar-refractivity contribution in [1.82, 2.24) is 10.3 Å². The summed E-state index contributed by atoms with van der Waals surface area (Å²) < 4.78 is 11.2. The third kappa shape index (κ3) is 3.69. The maximum atomic E-state index is 12.0. The van der Waals surface area contributed by atoms with Crippen LogP contribution in [0.2, 0.25) is 0 Å². The second-order valence-electron chi connectivity index (χ2n) is 5.02. The van der Waals surface area contributed by atoms with Gasteiger partial charge >= 0.3 is 0 Å². The second-order valence-corrected chi connectivity index (χ2v) is 7.83. The van der Waals surface area contributed by atoms with E-state index in [9.17, 15) is 9.00 Å². The molecule has 0 spiro atoms. The SMILES string of the molecule is CC(CNC(=O)c1sc(NC2CCC2)nc1N)S(C)=O. The summed E-state index contributed by atoms with van der Waals surface area (Å²) in [5.74, 6) is -0.00134. The molecule has 6 nitrogen and oxygen atoms in total. The van der Waals surface area contributed by atoms with Crippen molar-refractivity contribution in [2.45, 2.75) is 37.5 Å². The van der Waals surface area contributed by atoms with E-state index >= 15 is 0 Å². The van der Waals surface area contributed by atoms with Crippen LogP contribution in [0, 0.1) is 0 Å². The topological polar surface area (TPSA) is 97.1 Å². The van der Waals surface area contributed by atoms with Gasteiger partial charge in [-0.15, -0.1) is 0 Å². The largest absolute Gasteiger partial charge is 0.382 e. The highest BCUT2D eigenvalue weighted by molar-refractivity contribution is 7.84. The van der Waals surface area contributed by atoms with E-state index < -0.39 is 10.8 Å². The maximum absolute atomic E-state index is 12.0. The Morgan fingerprint density at radius 3 is 2.85 bits per heavy atom. The number of thiazole rings is 1. The van der Waals surface area contributed by atoms with E-state index in [1.807, 2.05) is 6.92 Å². The van der Waals surface area contributed by atoms with Gasteiger partial charge in [0.2, 0.25) is 0 Å². The lowest BCUT2D eigenvalue weighted by atomic mass is 9.93. The van der Waals surface area contributed by atoms with Crippen LogP contribution in [0.5, 0.6) is 0 Å². The van der Waals surface area contributed by atoms with E-state index in [2.05, 4.69) is 15.6 Å². The second kappa shape index (κ2) is 6.53. The van der Waals surface area contributed by atoms with Crippen molar-refractivity contribution in [3.63, 3.8) is 0 Å². The minimum Gasteiger partial charge on any atom is -0.382 e. The van der Waals surface area contributed by atoms with Crippen LogP contribution in [0.4, 0.5) is 10.9 Å². The van der Waals surface area contributed by atoms with Crippen LogP contribution >= 0.6 is 11.3 Å². The molecule has 1 heterocycles. The standard InChI is InChI=1S/C12H20N4O2S2/c1-7(20(2)18)6-14-11(17)9-10(13)16-12(19-9)15-8-4-3-5-8/h7-8H,3-6,13H2,1-2H3,(H,14,17)(H,15,16). The van der Waals surface area contributed by atoms with Gasteiger partial charge in [-0.1, -0.05) is 11.3 Å². The number of aromatic nitrogens is 1. The normalized spacial score (nSPS) is 18.1. The van der Waals surface area contributed by atoms with E-state index in [4.69, 9.17) is 5.73 Å². The zero-order chi connectivity index (χ0) is 14.7. The number of rotatable bonds is 6. The van der Waals surface area contributed by atoms with Crippen molar-refractivity contribution in [3.8, 4) is 0 Å². The summed E-state index contributed by atoms with van der Waals surface area (Å²) in [6.45, 7) is 2.20. The van der Waals surface area contributed by atoms with Crippen molar-refractivity contribution >= 4 is 39.0 Å². The fourth-order valence-corrected chi connectivity index (χ4v) is 2.91. The first-order valence-electron chi connectivity index (χ1n) is 6.60. The Kier molecular flexibility index (Phi) is 4.98. The quantitative estimate of drug-likeness (QED) is 0.732. The predicted molar refractivity (Wildman–Crippen MR) is 83.6 cm³/mol. The van der Waals surface area contributed by atoms with Gasteiger partial charge in [-0.25, -0.2) is 4.98 Å². The zero-order valence-electron chi connectivity index (χ0n) is 11.6. The van der Waals surface area contributed by atoms with E-state index in [-0.39, 0.29) is 17.0 Å². The summed E-state index contributed by atoms with van der Waals surface area (Å²) >= 11 is 1.27. The minimum absolute atomic E-state index is 0.0827. The third-order valence-electron chi connectivity index (χ3n) is 3.41. The number of carbonyl (C=O) groups excluding carboxylic acids is 1. The van der Waals surface area contributed by atoms with E-state index in [0.717, 1.165) is 12.8 Å². The molecular weight excluding hydrogens is 296 g/mol. The van der Waals surface area contributed by atoms with Gasteiger partial charge in [0.05, 0.1) is 0 Å². The molecule has 0 bridgehead atoms. The molecule has 1 amide bonds. The molecular formula is C12H20N4O2S2. The van der Waals surface area contributed by atoms with Gasteiger partial charge in [-0.3, -0.25) is 9.00 Å². The van der Waals surface area contributed by atoms with Gasteiger partial charge in [0, 0.05) is 34.9 Å². The van der Waals surface area contributed by atoms with Crippen LogP contribution in [0.3, 0.4) is 0 Å². The number of hydrogen-bond donors (Lipinski definition) is 3. The van der Waals surface area contributed by atoms with Crippen LogP contribution in [-0.4, -0.2) is 39.2 Å². The van der Waals surface area contributed by atoms with E-state index in [1.165, 1.54) is 17.8 Å². The molecule has 0 radical (unpaired) electrons. The molecule has 2 unspecified atom stereocenters. The molecule has 0 aliphatic heterocycles. The number of carbonyl (C=O) groups is 1. The summed E-state index contributed by atoms with van der Waals surface area (Å²) in [6, 6.07) is 0.457. The van der Waals surface area contributed by atoms with Crippen LogP contribution in [0.1, 0.15) is 35.9 Å². The molecule has 1 aromatic rings. The molecule has 1 saturated carbocycles. The monoisotopic (exact) mass is 316 g/mol. The maximum Gasteiger partial charge on any atom is 0.265 e. The summed E-state index contributed by atoms with van der Waals surface area (Å²) in [5, 5.41) is 6.64. The molecule has 1 aliphatic carbocycles. The highest BCUT2D eigenvalue weighted by Gasteiger charge is 2.21. The molecule has 2 atom stereocenters. The first kappa shape index (κ1) is 15.2. The van der Waals surface area contributed by atoms with Gasteiger partial charge in [-0.2, -0.15) is 0 Å². The van der Waals surface area contributed by atoms with Crippen LogP contribution in [-0.2, 0) is 10.8 Å². The highest BCUT2D eigenvalue weighted by atomic mass is 32.2. The Hall–Kier alpha value is -1.15. The van der Waals surface area contributed by atoms with E-state index in [0.29, 0.717) is 22.6 Å². The van der Waals surface area contributed by atoms with Gasteiger partial charge < -0.3 is 16.4 Å². The molecule has 1 aromatic heterocycles. The molecule has 0 aromatic carbocycles. The Morgan fingerprint density at radius 2 is 2.30 bits per heavy atom. The van der Waals surface area contributed by atoms with Crippen molar-refractivity contribution < 1.29 is 9.00 Å². The number of amides is 1. The van der Waals surface area contributed by atoms with Crippen molar-refractivity contribution in [3.05, 3.63) is 4.88 Å². The van der Waals surface area contributed by atoms with Crippen LogP contribution in [0.15, 0.2) is 0 Å². The summed E-state index contributed by atoms with van der Waals surface area (Å²) in [7, 11) is -0.955. The van der Waals surface area contributed by atoms with Crippen molar-refractivity contribution in [1.29, 1.82) is 0 Å². The lowest BCUT2D eigenvalue weighted by molar-refractivity contribution is 0.0959. The van der Waals surface area contributed by atoms with Crippen LogP contribution in [0.25, 0.3) is 0 Å². The molecule has 1 fully saturated rings. The first-order chi connectivity index (χ1) is 9.47. The molecule has 4 N–H and O–H groups in total. The number of anilines is 2. The lowest BCUT2D eigenvalue weighted by Crippen LogP contribution is -2.32. The zero-order valence-corrected chi connectivity index (χ0v) is 13.3. The van der Waals surface area contributed by atoms with Crippen molar-refractivity contribution in [2.24, 2.45) is 0 Å². The number of nitrogens with one attached hydrogen (secondary N) is 2. The molecule has 20 heavy (non-hydrogen) atoms. The van der Waals surface area contributed by atoms with Gasteiger partial charge in [-0.05, 0) is 26.2 Å². The summed E-state index contributed by atoms with van der Waals surface area (Å²) in [4.78, 5) is 16.6. The Morgan fingerprint density at radius 1 is 1.60 bits per heavy atom. The third-order valence-corrected chi connectivity index (χ3v) is 5.71. The minimum atomic E-state index is -0.955. The van der Waals surface area contributed by atoms with Crippen LogP contribution < -0.4 is 16.4 Å². The Balaban J connectivity index is 1.93. The van der Waals surface area contributed by atoms with Gasteiger partial charge in [0.25, 0.3) is 5.91 Å². The smallest absolute Gasteiger partial charge is 0.265 e. The Bertz CT molecular complexity index is 514. The number of nitrogens with two attached hydrogens (primary N) is 1. The average Bonchev–Trinajstić information content (AvgIpc) is 2.71. The molecule has 2 rings (SSSR count). The fraction of sp³-hybridized carbons (Fsp3) is 0.667.